The van der Waals surface area contributed by atoms with Crippen molar-refractivity contribution in [1.29, 1.82) is 0 Å². The highest BCUT2D eigenvalue weighted by Crippen LogP contribution is 2.42. The molecule has 5 aromatic rings. The highest BCUT2D eigenvalue weighted by Gasteiger charge is 2.45. The Morgan fingerprint density at radius 2 is 1.26 bits per heavy atom. The second kappa shape index (κ2) is 10.6. The molecule has 1 aromatic heterocycles. The lowest BCUT2D eigenvalue weighted by Crippen LogP contribution is -2.49. The van der Waals surface area contributed by atoms with Gasteiger partial charge < -0.3 is 9.47 Å². The summed E-state index contributed by atoms with van der Waals surface area (Å²) in [5.41, 5.74) is 4.39. The number of rotatable bonds is 9. The summed E-state index contributed by atoms with van der Waals surface area (Å²) in [4.78, 5) is 17.1. The molecule has 0 N–H and O–H groups in total. The van der Waals surface area contributed by atoms with E-state index in [2.05, 4.69) is 53.5 Å². The van der Waals surface area contributed by atoms with Crippen LogP contribution in [0.1, 0.15) is 28.7 Å². The van der Waals surface area contributed by atoms with Crippen LogP contribution < -0.4 is 0 Å². The zero-order chi connectivity index (χ0) is 25.8. The fourth-order valence-electron chi connectivity index (χ4n) is 5.49. The summed E-state index contributed by atoms with van der Waals surface area (Å²) < 4.78 is 12.5. The lowest BCUT2D eigenvalue weighted by atomic mass is 9.79. The standard InChI is InChI=1S/C34H29NO3/c36-33-30(32(38-33)21-20-25-22-23-35-31-19-11-10-18-29(25)31)24-37-34(26-12-4-1-5-13-26,27-14-6-2-7-15-27)28-16-8-3-9-17-28/h1-19,22-23,30,32H,20-21,24H2/t30-,32-/m0/s1. The van der Waals surface area contributed by atoms with Crippen LogP contribution in [0.5, 0.6) is 0 Å². The van der Waals surface area contributed by atoms with Crippen molar-refractivity contribution in [3.05, 3.63) is 150 Å². The molecule has 2 heterocycles. The van der Waals surface area contributed by atoms with E-state index in [1.165, 1.54) is 5.56 Å². The Morgan fingerprint density at radius 3 is 1.84 bits per heavy atom. The minimum Gasteiger partial charge on any atom is -0.461 e. The highest BCUT2D eigenvalue weighted by molar-refractivity contribution is 5.82. The van der Waals surface area contributed by atoms with Gasteiger partial charge in [-0.15, -0.1) is 0 Å². The third kappa shape index (κ3) is 4.48. The molecule has 0 aliphatic carbocycles. The van der Waals surface area contributed by atoms with Crippen LogP contribution in [0.3, 0.4) is 0 Å². The Balaban J connectivity index is 1.28. The molecule has 1 fully saturated rings. The maximum atomic E-state index is 12.7. The monoisotopic (exact) mass is 499 g/mol. The van der Waals surface area contributed by atoms with Gasteiger partial charge in [-0.3, -0.25) is 9.78 Å². The molecule has 0 radical (unpaired) electrons. The Morgan fingerprint density at radius 1 is 0.711 bits per heavy atom. The van der Waals surface area contributed by atoms with Crippen LogP contribution in [0.2, 0.25) is 0 Å². The summed E-state index contributed by atoms with van der Waals surface area (Å²) in [7, 11) is 0. The number of carbonyl (C=O) groups is 1. The van der Waals surface area contributed by atoms with Crippen LogP contribution in [0.25, 0.3) is 10.9 Å². The number of benzene rings is 4. The van der Waals surface area contributed by atoms with Crippen molar-refractivity contribution in [3.63, 3.8) is 0 Å². The van der Waals surface area contributed by atoms with E-state index in [0.29, 0.717) is 0 Å². The molecule has 2 atom stereocenters. The van der Waals surface area contributed by atoms with Crippen molar-refractivity contribution in [2.75, 3.05) is 6.61 Å². The topological polar surface area (TPSA) is 48.4 Å². The third-order valence-corrected chi connectivity index (χ3v) is 7.48. The average molecular weight is 500 g/mol. The number of aromatic nitrogens is 1. The molecule has 0 amide bonds. The first-order valence-electron chi connectivity index (χ1n) is 13.1. The Kier molecular flexibility index (Phi) is 6.72. The first-order chi connectivity index (χ1) is 18.8. The Hall–Kier alpha value is -4.28. The molecule has 0 unspecified atom stereocenters. The van der Waals surface area contributed by atoms with E-state index in [1.54, 1.807) is 0 Å². The molecular formula is C34H29NO3. The summed E-state index contributed by atoms with van der Waals surface area (Å²) in [6, 6.07) is 40.9. The predicted molar refractivity (Wildman–Crippen MR) is 149 cm³/mol. The summed E-state index contributed by atoms with van der Waals surface area (Å²) in [5.74, 6) is -0.517. The fraction of sp³-hybridized carbons (Fsp3) is 0.176. The van der Waals surface area contributed by atoms with E-state index >= 15 is 0 Å². The summed E-state index contributed by atoms with van der Waals surface area (Å²) in [6.07, 6.45) is 3.20. The van der Waals surface area contributed by atoms with E-state index in [-0.39, 0.29) is 24.6 Å². The van der Waals surface area contributed by atoms with Crippen LogP contribution >= 0.6 is 0 Å². The smallest absolute Gasteiger partial charge is 0.315 e. The van der Waals surface area contributed by atoms with E-state index < -0.39 is 5.60 Å². The first-order valence-corrected chi connectivity index (χ1v) is 13.1. The molecule has 0 bridgehead atoms. The van der Waals surface area contributed by atoms with Crippen LogP contribution in [0.4, 0.5) is 0 Å². The Bertz CT molecular complexity index is 1420. The fourth-order valence-corrected chi connectivity index (χ4v) is 5.49. The molecule has 6 rings (SSSR count). The molecule has 0 saturated carbocycles. The maximum absolute atomic E-state index is 12.7. The second-order valence-electron chi connectivity index (χ2n) is 9.70. The normalized spacial score (nSPS) is 17.1. The maximum Gasteiger partial charge on any atom is 0.315 e. The van der Waals surface area contributed by atoms with Crippen molar-refractivity contribution < 1.29 is 14.3 Å². The molecule has 38 heavy (non-hydrogen) atoms. The van der Waals surface area contributed by atoms with Gasteiger partial charge in [-0.25, -0.2) is 0 Å². The van der Waals surface area contributed by atoms with Gasteiger partial charge in [-0.1, -0.05) is 109 Å². The van der Waals surface area contributed by atoms with Gasteiger partial charge in [-0.2, -0.15) is 0 Å². The van der Waals surface area contributed by atoms with Crippen LogP contribution in [0, 0.1) is 5.92 Å². The molecule has 1 saturated heterocycles. The SMILES string of the molecule is O=C1O[C@@H](CCc2ccnc3ccccc23)[C@@H]1COC(c1ccccc1)(c1ccccc1)c1ccccc1. The molecule has 4 heteroatoms. The largest absolute Gasteiger partial charge is 0.461 e. The van der Waals surface area contributed by atoms with Crippen LogP contribution in [-0.4, -0.2) is 23.7 Å². The Labute approximate surface area is 222 Å². The summed E-state index contributed by atoms with van der Waals surface area (Å²) in [6.45, 7) is 0.263. The quantitative estimate of drug-likeness (QED) is 0.167. The van der Waals surface area contributed by atoms with E-state index in [4.69, 9.17) is 9.47 Å². The van der Waals surface area contributed by atoms with Gasteiger partial charge in [0.1, 0.15) is 17.6 Å². The van der Waals surface area contributed by atoms with Crippen molar-refractivity contribution in [1.82, 2.24) is 4.98 Å². The average Bonchev–Trinajstić information content (AvgIpc) is 2.99. The molecule has 1 aliphatic heterocycles. The van der Waals surface area contributed by atoms with Crippen molar-refractivity contribution in [2.24, 2.45) is 5.92 Å². The summed E-state index contributed by atoms with van der Waals surface area (Å²) >= 11 is 0. The number of carbonyl (C=O) groups excluding carboxylic acids is 1. The number of aryl methyl sites for hydroxylation is 1. The second-order valence-corrected chi connectivity index (χ2v) is 9.70. The minimum atomic E-state index is -0.856. The lowest BCUT2D eigenvalue weighted by Gasteiger charge is -2.40. The number of cyclic esters (lactones) is 1. The number of hydrogen-bond donors (Lipinski definition) is 0. The van der Waals surface area contributed by atoms with Gasteiger partial charge in [0, 0.05) is 11.6 Å². The minimum absolute atomic E-state index is 0.186. The van der Waals surface area contributed by atoms with E-state index in [1.807, 2.05) is 79.0 Å². The van der Waals surface area contributed by atoms with Crippen LogP contribution in [0.15, 0.2) is 128 Å². The van der Waals surface area contributed by atoms with Crippen molar-refractivity contribution in [2.45, 2.75) is 24.5 Å². The number of fused-ring (bicyclic) bond motifs is 1. The summed E-state index contributed by atoms with van der Waals surface area (Å²) in [5, 5.41) is 1.14. The molecule has 1 aliphatic rings. The number of ether oxygens (including phenoxy) is 2. The first kappa shape index (κ1) is 24.1. The molecular weight excluding hydrogens is 470 g/mol. The molecule has 188 valence electrons. The number of esters is 1. The van der Waals surface area contributed by atoms with Crippen molar-refractivity contribution in [3.8, 4) is 0 Å². The number of para-hydroxylation sites is 1. The predicted octanol–water partition coefficient (Wildman–Crippen LogP) is 6.72. The van der Waals surface area contributed by atoms with Gasteiger partial charge in [0.05, 0.1) is 12.1 Å². The van der Waals surface area contributed by atoms with Gasteiger partial charge in [0.15, 0.2) is 0 Å². The molecule has 4 aromatic carbocycles. The van der Waals surface area contributed by atoms with Gasteiger partial charge in [-0.05, 0) is 47.2 Å². The van der Waals surface area contributed by atoms with Gasteiger partial charge in [0.25, 0.3) is 0 Å². The molecule has 0 spiro atoms. The zero-order valence-electron chi connectivity index (χ0n) is 21.1. The highest BCUT2D eigenvalue weighted by atomic mass is 16.6. The number of nitrogens with zero attached hydrogens (tertiary/aromatic N) is 1. The van der Waals surface area contributed by atoms with E-state index in [0.717, 1.165) is 40.4 Å². The van der Waals surface area contributed by atoms with Crippen molar-refractivity contribution >= 4 is 16.9 Å². The third-order valence-electron chi connectivity index (χ3n) is 7.48. The van der Waals surface area contributed by atoms with E-state index in [9.17, 15) is 4.79 Å². The molecule has 4 nitrogen and oxygen atoms in total. The number of hydrogen-bond acceptors (Lipinski definition) is 4. The zero-order valence-corrected chi connectivity index (χ0v) is 21.1. The van der Waals surface area contributed by atoms with Gasteiger partial charge in [0.2, 0.25) is 0 Å². The lowest BCUT2D eigenvalue weighted by molar-refractivity contribution is -0.194. The van der Waals surface area contributed by atoms with Gasteiger partial charge >= 0.3 is 5.97 Å². The van der Waals surface area contributed by atoms with Crippen LogP contribution in [-0.2, 0) is 26.3 Å². The number of pyridine rings is 1.